The molecule has 0 bridgehead atoms. The molecule has 1 aromatic carbocycles. The van der Waals surface area contributed by atoms with Gasteiger partial charge in [0.05, 0.1) is 5.69 Å². The van der Waals surface area contributed by atoms with E-state index in [1.54, 1.807) is 0 Å². The van der Waals surface area contributed by atoms with Crippen LogP contribution in [0.4, 0.5) is 0 Å². The quantitative estimate of drug-likeness (QED) is 0.721. The van der Waals surface area contributed by atoms with Gasteiger partial charge in [0.15, 0.2) is 11.6 Å². The van der Waals surface area contributed by atoms with E-state index in [1.807, 2.05) is 54.9 Å². The summed E-state index contributed by atoms with van der Waals surface area (Å²) in [4.78, 5) is 4.47. The fraction of sp³-hybridized carbons (Fsp3) is 0.214. The molecule has 96 valence electrons. The molecule has 0 radical (unpaired) electrons. The lowest BCUT2D eigenvalue weighted by atomic mass is 10.2. The van der Waals surface area contributed by atoms with Gasteiger partial charge < -0.3 is 4.52 Å². The van der Waals surface area contributed by atoms with Crippen LogP contribution in [0.5, 0.6) is 0 Å². The smallest absolute Gasteiger partial charge is 0.158 e. The van der Waals surface area contributed by atoms with Crippen molar-refractivity contribution < 1.29 is 4.52 Å². The van der Waals surface area contributed by atoms with Crippen LogP contribution in [0.2, 0.25) is 0 Å². The summed E-state index contributed by atoms with van der Waals surface area (Å²) < 4.78 is 7.07. The summed E-state index contributed by atoms with van der Waals surface area (Å²) in [5, 5.41) is 8.29. The van der Waals surface area contributed by atoms with Crippen molar-refractivity contribution in [2.45, 2.75) is 20.4 Å². The maximum absolute atomic E-state index is 5.23. The summed E-state index contributed by atoms with van der Waals surface area (Å²) in [6, 6.07) is 11.9. The average Bonchev–Trinajstić information content (AvgIpc) is 2.97. The van der Waals surface area contributed by atoms with Gasteiger partial charge in [-0.3, -0.25) is 0 Å². The second-order valence-corrected chi connectivity index (χ2v) is 4.44. The predicted molar refractivity (Wildman–Crippen MR) is 70.5 cm³/mol. The van der Waals surface area contributed by atoms with Gasteiger partial charge in [0, 0.05) is 11.6 Å². The molecule has 0 fully saturated rings. The van der Waals surface area contributed by atoms with Crippen LogP contribution in [0.15, 0.2) is 40.9 Å². The molecule has 3 rings (SSSR count). The van der Waals surface area contributed by atoms with Gasteiger partial charge in [-0.2, -0.15) is 5.10 Å². The Kier molecular flexibility index (Phi) is 2.87. The molecule has 0 N–H and O–H groups in total. The third-order valence-corrected chi connectivity index (χ3v) is 2.79. The Morgan fingerprint density at radius 3 is 2.63 bits per heavy atom. The van der Waals surface area contributed by atoms with Crippen molar-refractivity contribution in [1.29, 1.82) is 0 Å². The zero-order valence-corrected chi connectivity index (χ0v) is 10.9. The molecule has 0 saturated heterocycles. The number of hydrogen-bond acceptors (Lipinski definition) is 4. The van der Waals surface area contributed by atoms with Crippen molar-refractivity contribution in [3.05, 3.63) is 53.7 Å². The molecular formula is C14H14N4O. The molecule has 0 atom stereocenters. The lowest BCUT2D eigenvalue weighted by Gasteiger charge is -2.03. The third-order valence-electron chi connectivity index (χ3n) is 2.79. The van der Waals surface area contributed by atoms with Crippen LogP contribution < -0.4 is 0 Å². The van der Waals surface area contributed by atoms with Gasteiger partial charge in [-0.15, -0.1) is 0 Å². The van der Waals surface area contributed by atoms with E-state index < -0.39 is 0 Å². The Balaban J connectivity index is 1.98. The molecule has 0 unspecified atom stereocenters. The van der Waals surface area contributed by atoms with E-state index in [0.717, 1.165) is 28.7 Å². The fourth-order valence-electron chi connectivity index (χ4n) is 2.00. The number of aryl methyl sites for hydroxylation is 2. The molecule has 0 aliphatic carbocycles. The highest BCUT2D eigenvalue weighted by molar-refractivity contribution is 5.54. The highest BCUT2D eigenvalue weighted by Gasteiger charge is 2.11. The van der Waals surface area contributed by atoms with Gasteiger partial charge in [0.2, 0.25) is 0 Å². The minimum atomic E-state index is 0.534. The molecule has 0 amide bonds. The summed E-state index contributed by atoms with van der Waals surface area (Å²) in [6.45, 7) is 4.32. The Bertz CT molecular complexity index is 685. The van der Waals surface area contributed by atoms with Crippen molar-refractivity contribution >= 4 is 0 Å². The lowest BCUT2D eigenvalue weighted by Crippen LogP contribution is -2.03. The molecule has 0 aliphatic rings. The molecule has 2 aromatic heterocycles. The van der Waals surface area contributed by atoms with E-state index in [1.165, 1.54) is 0 Å². The van der Waals surface area contributed by atoms with E-state index in [0.29, 0.717) is 6.54 Å². The molecular weight excluding hydrogens is 240 g/mol. The molecule has 0 aliphatic heterocycles. The Labute approximate surface area is 110 Å². The zero-order chi connectivity index (χ0) is 13.2. The van der Waals surface area contributed by atoms with Gasteiger partial charge in [0.1, 0.15) is 12.4 Å². The standard InChI is InChI=1S/C14H14N4O/c1-10-8-13(19-17-10)9-18-14(15-11(2)16-18)12-6-4-3-5-7-12/h3-8H,9H2,1-2H3. The van der Waals surface area contributed by atoms with Crippen LogP contribution in [0.1, 0.15) is 17.3 Å². The molecule has 3 aromatic rings. The number of benzene rings is 1. The SMILES string of the molecule is Cc1cc(Cn2nc(C)nc2-c2ccccc2)on1. The van der Waals surface area contributed by atoms with Gasteiger partial charge in [-0.25, -0.2) is 9.67 Å². The first-order valence-corrected chi connectivity index (χ1v) is 6.11. The van der Waals surface area contributed by atoms with Gasteiger partial charge >= 0.3 is 0 Å². The van der Waals surface area contributed by atoms with E-state index >= 15 is 0 Å². The number of aromatic nitrogens is 4. The van der Waals surface area contributed by atoms with Crippen LogP contribution in [0, 0.1) is 13.8 Å². The summed E-state index contributed by atoms with van der Waals surface area (Å²) in [5.41, 5.74) is 1.91. The summed E-state index contributed by atoms with van der Waals surface area (Å²) in [5.74, 6) is 2.36. The van der Waals surface area contributed by atoms with E-state index in [2.05, 4.69) is 15.2 Å². The largest absolute Gasteiger partial charge is 0.359 e. The van der Waals surface area contributed by atoms with Crippen molar-refractivity contribution in [2.75, 3.05) is 0 Å². The minimum Gasteiger partial charge on any atom is -0.359 e. The molecule has 0 spiro atoms. The van der Waals surface area contributed by atoms with Crippen molar-refractivity contribution in [1.82, 2.24) is 19.9 Å². The maximum Gasteiger partial charge on any atom is 0.158 e. The molecule has 2 heterocycles. The van der Waals surface area contributed by atoms with Gasteiger partial charge in [-0.05, 0) is 13.8 Å². The Morgan fingerprint density at radius 1 is 1.16 bits per heavy atom. The van der Waals surface area contributed by atoms with Crippen LogP contribution in [0.3, 0.4) is 0 Å². The van der Waals surface area contributed by atoms with E-state index in [4.69, 9.17) is 4.52 Å². The average molecular weight is 254 g/mol. The van der Waals surface area contributed by atoms with Crippen molar-refractivity contribution in [3.63, 3.8) is 0 Å². The van der Waals surface area contributed by atoms with Crippen molar-refractivity contribution in [2.24, 2.45) is 0 Å². The predicted octanol–water partition coefficient (Wildman–Crippen LogP) is 2.60. The number of nitrogens with zero attached hydrogens (tertiary/aromatic N) is 4. The van der Waals surface area contributed by atoms with Crippen molar-refractivity contribution in [3.8, 4) is 11.4 Å². The van der Waals surface area contributed by atoms with E-state index in [-0.39, 0.29) is 0 Å². The fourth-order valence-corrected chi connectivity index (χ4v) is 2.00. The summed E-state index contributed by atoms with van der Waals surface area (Å²) in [7, 11) is 0. The second-order valence-electron chi connectivity index (χ2n) is 4.44. The van der Waals surface area contributed by atoms with Crippen LogP contribution in [-0.2, 0) is 6.54 Å². The first-order valence-electron chi connectivity index (χ1n) is 6.11. The molecule has 19 heavy (non-hydrogen) atoms. The zero-order valence-electron chi connectivity index (χ0n) is 10.9. The summed E-state index contributed by atoms with van der Waals surface area (Å²) >= 11 is 0. The number of rotatable bonds is 3. The minimum absolute atomic E-state index is 0.534. The normalized spacial score (nSPS) is 10.8. The van der Waals surface area contributed by atoms with Crippen LogP contribution in [0.25, 0.3) is 11.4 Å². The first kappa shape index (κ1) is 11.6. The van der Waals surface area contributed by atoms with E-state index in [9.17, 15) is 0 Å². The molecule has 5 heteroatoms. The van der Waals surface area contributed by atoms with Crippen LogP contribution >= 0.6 is 0 Å². The molecule has 5 nitrogen and oxygen atoms in total. The Hall–Kier alpha value is -2.43. The maximum atomic E-state index is 5.23. The first-order chi connectivity index (χ1) is 9.22. The summed E-state index contributed by atoms with van der Waals surface area (Å²) in [6.07, 6.45) is 0. The van der Waals surface area contributed by atoms with Gasteiger partial charge in [0.25, 0.3) is 0 Å². The second kappa shape index (κ2) is 4.68. The topological polar surface area (TPSA) is 56.7 Å². The lowest BCUT2D eigenvalue weighted by molar-refractivity contribution is 0.368. The van der Waals surface area contributed by atoms with Gasteiger partial charge in [-0.1, -0.05) is 35.5 Å². The highest BCUT2D eigenvalue weighted by Crippen LogP contribution is 2.18. The van der Waals surface area contributed by atoms with Crippen LogP contribution in [-0.4, -0.2) is 19.9 Å². The Morgan fingerprint density at radius 2 is 1.95 bits per heavy atom. The molecule has 0 saturated carbocycles. The highest BCUT2D eigenvalue weighted by atomic mass is 16.5. The third kappa shape index (κ3) is 2.40. The monoisotopic (exact) mass is 254 g/mol. The number of hydrogen-bond donors (Lipinski definition) is 0.